The van der Waals surface area contributed by atoms with Crippen LogP contribution >= 0.6 is 24.0 Å². The molecule has 0 radical (unpaired) electrons. The molecule has 2 aromatic heterocycles. The fourth-order valence-electron chi connectivity index (χ4n) is 3.44. The van der Waals surface area contributed by atoms with E-state index in [-0.39, 0.29) is 24.0 Å². The quantitative estimate of drug-likeness (QED) is 0.189. The van der Waals surface area contributed by atoms with Crippen molar-refractivity contribution in [3.8, 4) is 0 Å². The molecule has 0 spiro atoms. The largest absolute Gasteiger partial charge is 0.357 e. The van der Waals surface area contributed by atoms with Crippen LogP contribution in [-0.2, 0) is 19.6 Å². The van der Waals surface area contributed by atoms with E-state index in [0.717, 1.165) is 50.1 Å². The number of nitrogens with zero attached hydrogens (tertiary/aromatic N) is 5. The monoisotopic (exact) mass is 535 g/mol. The average molecular weight is 535 g/mol. The molecule has 0 bridgehead atoms. The molecule has 0 aliphatic heterocycles. The molecule has 2 N–H and O–H groups in total. The van der Waals surface area contributed by atoms with Crippen LogP contribution in [0.5, 0.6) is 0 Å². The molecular formula is C23H34IN7. The van der Waals surface area contributed by atoms with Crippen LogP contribution in [0, 0.1) is 20.8 Å². The van der Waals surface area contributed by atoms with Gasteiger partial charge in [-0.05, 0) is 51.3 Å². The standard InChI is InChI=1S/C23H33N7.HI/c1-5-24-23(26-10-7-12-30-19(3)14-18(2)28-30)27-16-21-8-6-9-22(15-21)17-29-13-11-25-20(29)4;/h6,8-9,11,13-15H,5,7,10,12,16-17H2,1-4H3,(H2,24,26,27);1H. The van der Waals surface area contributed by atoms with Gasteiger partial charge in [0.05, 0.1) is 12.2 Å². The summed E-state index contributed by atoms with van der Waals surface area (Å²) in [5.74, 6) is 1.87. The highest BCUT2D eigenvalue weighted by Gasteiger charge is 2.03. The van der Waals surface area contributed by atoms with E-state index in [2.05, 4.69) is 74.1 Å². The van der Waals surface area contributed by atoms with E-state index >= 15 is 0 Å². The minimum Gasteiger partial charge on any atom is -0.357 e. The van der Waals surface area contributed by atoms with Crippen LogP contribution < -0.4 is 10.6 Å². The second-order valence-electron chi connectivity index (χ2n) is 7.55. The summed E-state index contributed by atoms with van der Waals surface area (Å²) >= 11 is 0. The maximum atomic E-state index is 4.76. The maximum Gasteiger partial charge on any atom is 0.191 e. The number of guanidine groups is 1. The van der Waals surface area contributed by atoms with Crippen molar-refractivity contribution in [2.45, 2.75) is 53.8 Å². The van der Waals surface area contributed by atoms with Gasteiger partial charge in [-0.25, -0.2) is 9.98 Å². The van der Waals surface area contributed by atoms with Gasteiger partial charge in [0, 0.05) is 44.3 Å². The summed E-state index contributed by atoms with van der Waals surface area (Å²) in [5, 5.41) is 11.3. The smallest absolute Gasteiger partial charge is 0.191 e. The number of hydrogen-bond donors (Lipinski definition) is 2. The lowest BCUT2D eigenvalue weighted by atomic mass is 10.1. The molecule has 0 amide bonds. The highest BCUT2D eigenvalue weighted by molar-refractivity contribution is 14.0. The van der Waals surface area contributed by atoms with E-state index in [9.17, 15) is 0 Å². The Morgan fingerprint density at radius 1 is 1.10 bits per heavy atom. The van der Waals surface area contributed by atoms with Gasteiger partial charge in [0.15, 0.2) is 5.96 Å². The molecule has 0 aliphatic carbocycles. The predicted octanol–water partition coefficient (Wildman–Crippen LogP) is 3.82. The first-order valence-corrected chi connectivity index (χ1v) is 10.6. The second-order valence-corrected chi connectivity index (χ2v) is 7.55. The van der Waals surface area contributed by atoms with Crippen LogP contribution in [0.2, 0.25) is 0 Å². The van der Waals surface area contributed by atoms with Gasteiger partial charge in [-0.1, -0.05) is 24.3 Å². The molecule has 0 fully saturated rings. The zero-order chi connectivity index (χ0) is 21.3. The third-order valence-corrected chi connectivity index (χ3v) is 4.97. The molecule has 7 nitrogen and oxygen atoms in total. The Kier molecular flexibility index (Phi) is 10.0. The van der Waals surface area contributed by atoms with Gasteiger partial charge in [0.2, 0.25) is 0 Å². The van der Waals surface area contributed by atoms with Crippen LogP contribution in [-0.4, -0.2) is 38.4 Å². The fraction of sp³-hybridized carbons (Fsp3) is 0.435. The topological polar surface area (TPSA) is 72.1 Å². The molecular weight excluding hydrogens is 501 g/mol. The molecule has 0 atom stereocenters. The fourth-order valence-corrected chi connectivity index (χ4v) is 3.44. The lowest BCUT2D eigenvalue weighted by molar-refractivity contribution is 0.555. The summed E-state index contributed by atoms with van der Waals surface area (Å²) in [6, 6.07) is 10.7. The summed E-state index contributed by atoms with van der Waals surface area (Å²) in [6.45, 7) is 12.3. The summed E-state index contributed by atoms with van der Waals surface area (Å²) < 4.78 is 4.21. The van der Waals surface area contributed by atoms with E-state index in [1.165, 1.54) is 16.8 Å². The number of rotatable bonds is 9. The third kappa shape index (κ3) is 7.68. The Labute approximate surface area is 202 Å². The second kappa shape index (κ2) is 12.5. The van der Waals surface area contributed by atoms with Crippen molar-refractivity contribution in [2.75, 3.05) is 13.1 Å². The zero-order valence-electron chi connectivity index (χ0n) is 18.9. The highest BCUT2D eigenvalue weighted by atomic mass is 127. The Hall–Kier alpha value is -2.36. The first kappa shape index (κ1) is 24.9. The molecule has 168 valence electrons. The summed E-state index contributed by atoms with van der Waals surface area (Å²) in [7, 11) is 0. The van der Waals surface area contributed by atoms with Gasteiger partial charge in [0.25, 0.3) is 0 Å². The minimum atomic E-state index is 0. The Morgan fingerprint density at radius 2 is 1.90 bits per heavy atom. The van der Waals surface area contributed by atoms with Gasteiger partial charge in [-0.2, -0.15) is 5.10 Å². The Morgan fingerprint density at radius 3 is 2.58 bits per heavy atom. The van der Waals surface area contributed by atoms with Crippen LogP contribution in [0.15, 0.2) is 47.7 Å². The van der Waals surface area contributed by atoms with Gasteiger partial charge >= 0.3 is 0 Å². The number of aryl methyl sites for hydroxylation is 4. The summed E-state index contributed by atoms with van der Waals surface area (Å²) in [4.78, 5) is 9.05. The number of imidazole rings is 1. The van der Waals surface area contributed by atoms with E-state index < -0.39 is 0 Å². The molecule has 0 saturated heterocycles. The zero-order valence-corrected chi connectivity index (χ0v) is 21.3. The number of aliphatic imine (C=N–C) groups is 1. The van der Waals surface area contributed by atoms with Crippen molar-refractivity contribution >= 4 is 29.9 Å². The summed E-state index contributed by atoms with van der Waals surface area (Å²) in [6.07, 6.45) is 4.85. The number of benzene rings is 1. The highest BCUT2D eigenvalue weighted by Crippen LogP contribution is 2.10. The van der Waals surface area contributed by atoms with Gasteiger partial charge in [0.1, 0.15) is 5.82 Å². The number of hydrogen-bond acceptors (Lipinski definition) is 3. The van der Waals surface area contributed by atoms with Crippen LogP contribution in [0.25, 0.3) is 0 Å². The SMILES string of the molecule is CCNC(=NCc1cccc(Cn2ccnc2C)c1)NCCCn1nc(C)cc1C.I. The van der Waals surface area contributed by atoms with Crippen molar-refractivity contribution < 1.29 is 0 Å². The van der Waals surface area contributed by atoms with Gasteiger partial charge in [-0.15, -0.1) is 24.0 Å². The average Bonchev–Trinajstić information content (AvgIpc) is 3.27. The Balaban J connectivity index is 0.00000341. The van der Waals surface area contributed by atoms with Crippen LogP contribution in [0.1, 0.15) is 41.7 Å². The molecule has 3 aromatic rings. The molecule has 1 aromatic carbocycles. The lowest BCUT2D eigenvalue weighted by Crippen LogP contribution is -2.38. The number of halogens is 1. The van der Waals surface area contributed by atoms with E-state index in [4.69, 9.17) is 4.99 Å². The van der Waals surface area contributed by atoms with Crippen molar-refractivity contribution in [3.05, 3.63) is 71.1 Å². The van der Waals surface area contributed by atoms with E-state index in [1.807, 2.05) is 26.2 Å². The number of nitrogens with one attached hydrogen (secondary N) is 2. The number of aromatic nitrogens is 4. The molecule has 0 unspecified atom stereocenters. The Bertz CT molecular complexity index is 974. The summed E-state index contributed by atoms with van der Waals surface area (Å²) in [5.41, 5.74) is 4.73. The van der Waals surface area contributed by atoms with Crippen molar-refractivity contribution in [2.24, 2.45) is 4.99 Å². The van der Waals surface area contributed by atoms with Gasteiger partial charge < -0.3 is 15.2 Å². The predicted molar refractivity (Wildman–Crippen MR) is 137 cm³/mol. The minimum absolute atomic E-state index is 0. The first-order chi connectivity index (χ1) is 14.5. The van der Waals surface area contributed by atoms with Crippen molar-refractivity contribution in [1.29, 1.82) is 0 Å². The molecule has 0 saturated carbocycles. The lowest BCUT2D eigenvalue weighted by Gasteiger charge is -2.12. The molecule has 3 rings (SSSR count). The molecule has 8 heteroatoms. The normalized spacial score (nSPS) is 11.3. The van der Waals surface area contributed by atoms with Crippen molar-refractivity contribution in [1.82, 2.24) is 30.0 Å². The van der Waals surface area contributed by atoms with E-state index in [1.54, 1.807) is 0 Å². The van der Waals surface area contributed by atoms with E-state index in [0.29, 0.717) is 6.54 Å². The van der Waals surface area contributed by atoms with Crippen LogP contribution in [0.3, 0.4) is 0 Å². The third-order valence-electron chi connectivity index (χ3n) is 4.97. The molecule has 0 aliphatic rings. The van der Waals surface area contributed by atoms with Crippen LogP contribution in [0.4, 0.5) is 0 Å². The molecule has 2 heterocycles. The van der Waals surface area contributed by atoms with Crippen molar-refractivity contribution in [3.63, 3.8) is 0 Å². The first-order valence-electron chi connectivity index (χ1n) is 10.6. The maximum absolute atomic E-state index is 4.76. The van der Waals surface area contributed by atoms with Gasteiger partial charge in [-0.3, -0.25) is 4.68 Å². The molecule has 31 heavy (non-hydrogen) atoms.